The van der Waals surface area contributed by atoms with Crippen molar-refractivity contribution in [3.63, 3.8) is 0 Å². The smallest absolute Gasteiger partial charge is 0.257 e. The highest BCUT2D eigenvalue weighted by molar-refractivity contribution is 5.97. The van der Waals surface area contributed by atoms with Gasteiger partial charge in [0.1, 0.15) is 11.6 Å². The van der Waals surface area contributed by atoms with Gasteiger partial charge in [0.25, 0.3) is 5.91 Å². The Morgan fingerprint density at radius 2 is 1.90 bits per heavy atom. The molecule has 2 amide bonds. The summed E-state index contributed by atoms with van der Waals surface area (Å²) < 4.78 is 5.33. The average Bonchev–Trinajstić information content (AvgIpc) is 3.24. The van der Waals surface area contributed by atoms with E-state index in [1.54, 1.807) is 19.2 Å². The number of rotatable bonds is 7. The fourth-order valence-electron chi connectivity index (χ4n) is 3.84. The number of carbonyl (C=O) groups excluding carboxylic acids is 2. The van der Waals surface area contributed by atoms with E-state index in [0.717, 1.165) is 35.6 Å². The molecule has 2 heterocycles. The van der Waals surface area contributed by atoms with Crippen LogP contribution >= 0.6 is 0 Å². The molecule has 1 aliphatic heterocycles. The first kappa shape index (κ1) is 21.7. The van der Waals surface area contributed by atoms with Crippen molar-refractivity contribution in [1.82, 2.24) is 20.2 Å². The minimum atomic E-state index is -0.0346. The van der Waals surface area contributed by atoms with Crippen molar-refractivity contribution in [1.29, 1.82) is 0 Å². The summed E-state index contributed by atoms with van der Waals surface area (Å²) in [6, 6.07) is 7.28. The number of hydrogen-bond donors (Lipinski definition) is 1. The molecule has 2 aromatic rings. The molecule has 1 N–H and O–H groups in total. The second kappa shape index (κ2) is 9.69. The summed E-state index contributed by atoms with van der Waals surface area (Å²) in [5.74, 6) is 1.38. The van der Waals surface area contributed by atoms with Crippen LogP contribution in [0, 0.1) is 13.8 Å². The van der Waals surface area contributed by atoms with E-state index in [0.29, 0.717) is 37.4 Å². The number of para-hydroxylation sites is 1. The number of methoxy groups -OCH3 is 1. The zero-order valence-electron chi connectivity index (χ0n) is 18.2. The maximum atomic E-state index is 13.0. The van der Waals surface area contributed by atoms with Gasteiger partial charge in [-0.25, -0.2) is 9.97 Å². The van der Waals surface area contributed by atoms with E-state index in [2.05, 4.69) is 5.32 Å². The van der Waals surface area contributed by atoms with Crippen molar-refractivity contribution in [2.24, 2.45) is 0 Å². The molecule has 0 spiro atoms. The predicted octanol–water partition coefficient (Wildman–Crippen LogP) is 2.80. The van der Waals surface area contributed by atoms with Gasteiger partial charge in [-0.15, -0.1) is 0 Å². The molecule has 0 unspecified atom stereocenters. The van der Waals surface area contributed by atoms with Gasteiger partial charge in [-0.3, -0.25) is 9.59 Å². The highest BCUT2D eigenvalue weighted by atomic mass is 16.5. The maximum Gasteiger partial charge on any atom is 0.257 e. The SMILES string of the molecule is CCCNC(=O)Cc1c(C)nc([C@@H]2CCN(C(=O)c3ccccc3OC)C2)nc1C. The van der Waals surface area contributed by atoms with Gasteiger partial charge in [-0.05, 0) is 38.8 Å². The lowest BCUT2D eigenvalue weighted by atomic mass is 10.0. The van der Waals surface area contributed by atoms with Crippen LogP contribution in [0.3, 0.4) is 0 Å². The number of aromatic nitrogens is 2. The van der Waals surface area contributed by atoms with Gasteiger partial charge >= 0.3 is 0 Å². The number of amides is 2. The largest absolute Gasteiger partial charge is 0.496 e. The Morgan fingerprint density at radius 3 is 2.57 bits per heavy atom. The molecule has 7 nitrogen and oxygen atoms in total. The molecule has 7 heteroatoms. The van der Waals surface area contributed by atoms with Gasteiger partial charge in [0.05, 0.1) is 19.1 Å². The summed E-state index contributed by atoms with van der Waals surface area (Å²) in [6.45, 7) is 7.78. The number of nitrogens with one attached hydrogen (secondary N) is 1. The van der Waals surface area contributed by atoms with Crippen LogP contribution in [0.1, 0.15) is 58.8 Å². The number of likely N-dealkylation sites (tertiary alicyclic amines) is 1. The topological polar surface area (TPSA) is 84.4 Å². The zero-order valence-corrected chi connectivity index (χ0v) is 18.2. The predicted molar refractivity (Wildman–Crippen MR) is 115 cm³/mol. The number of carbonyl (C=O) groups is 2. The Labute approximate surface area is 177 Å². The zero-order chi connectivity index (χ0) is 21.7. The molecule has 1 aliphatic rings. The van der Waals surface area contributed by atoms with Gasteiger partial charge < -0.3 is 15.0 Å². The second-order valence-electron chi connectivity index (χ2n) is 7.69. The minimum Gasteiger partial charge on any atom is -0.496 e. The third-order valence-corrected chi connectivity index (χ3v) is 5.53. The van der Waals surface area contributed by atoms with Crippen LogP contribution in [0.25, 0.3) is 0 Å². The molecular weight excluding hydrogens is 380 g/mol. The molecule has 0 saturated carbocycles. The van der Waals surface area contributed by atoms with E-state index >= 15 is 0 Å². The summed E-state index contributed by atoms with van der Waals surface area (Å²) in [4.78, 5) is 36.3. The number of ether oxygens (including phenoxy) is 1. The van der Waals surface area contributed by atoms with E-state index in [1.807, 2.05) is 37.8 Å². The summed E-state index contributed by atoms with van der Waals surface area (Å²) in [6.07, 6.45) is 2.02. The molecular formula is C23H30N4O3. The number of aryl methyl sites for hydroxylation is 2. The van der Waals surface area contributed by atoms with Gasteiger partial charge in [-0.2, -0.15) is 0 Å². The fraction of sp³-hybridized carbons (Fsp3) is 0.478. The van der Waals surface area contributed by atoms with Crippen LogP contribution in [0.5, 0.6) is 5.75 Å². The lowest BCUT2D eigenvalue weighted by molar-refractivity contribution is -0.120. The third-order valence-electron chi connectivity index (χ3n) is 5.53. The Morgan fingerprint density at radius 1 is 1.20 bits per heavy atom. The van der Waals surface area contributed by atoms with Gasteiger partial charge in [0.2, 0.25) is 5.91 Å². The standard InChI is InChI=1S/C23H30N4O3/c1-5-11-24-21(28)13-19-15(2)25-22(26-16(19)3)17-10-12-27(14-17)23(29)18-8-6-7-9-20(18)30-4/h6-9,17H,5,10-14H2,1-4H3,(H,24,28)/t17-/m1/s1. The maximum absolute atomic E-state index is 13.0. The van der Waals surface area contributed by atoms with Gasteiger partial charge in [0.15, 0.2) is 0 Å². The minimum absolute atomic E-state index is 0.00570. The normalized spacial score (nSPS) is 15.9. The van der Waals surface area contributed by atoms with Crippen LogP contribution in [-0.4, -0.2) is 53.4 Å². The van der Waals surface area contributed by atoms with Crippen LogP contribution < -0.4 is 10.1 Å². The highest BCUT2D eigenvalue weighted by Gasteiger charge is 2.31. The van der Waals surface area contributed by atoms with Gasteiger partial charge in [-0.1, -0.05) is 19.1 Å². The first-order chi connectivity index (χ1) is 14.4. The fourth-order valence-corrected chi connectivity index (χ4v) is 3.84. The van der Waals surface area contributed by atoms with Crippen molar-refractivity contribution >= 4 is 11.8 Å². The highest BCUT2D eigenvalue weighted by Crippen LogP contribution is 2.29. The first-order valence-electron chi connectivity index (χ1n) is 10.5. The number of nitrogens with zero attached hydrogens (tertiary/aromatic N) is 3. The molecule has 0 bridgehead atoms. The Balaban J connectivity index is 1.72. The van der Waals surface area contributed by atoms with Crippen molar-refractivity contribution in [3.05, 3.63) is 52.6 Å². The molecule has 3 rings (SSSR count). The molecule has 1 fully saturated rings. The quantitative estimate of drug-likeness (QED) is 0.759. The number of hydrogen-bond acceptors (Lipinski definition) is 5. The van der Waals surface area contributed by atoms with Crippen molar-refractivity contribution in [2.45, 2.75) is 46.0 Å². The molecule has 30 heavy (non-hydrogen) atoms. The molecule has 1 aromatic heterocycles. The second-order valence-corrected chi connectivity index (χ2v) is 7.69. The molecule has 0 aliphatic carbocycles. The monoisotopic (exact) mass is 410 g/mol. The van der Waals surface area contributed by atoms with Crippen LogP contribution in [0.15, 0.2) is 24.3 Å². The van der Waals surface area contributed by atoms with E-state index in [1.165, 1.54) is 0 Å². The third kappa shape index (κ3) is 4.78. The Hall–Kier alpha value is -2.96. The van der Waals surface area contributed by atoms with E-state index in [4.69, 9.17) is 14.7 Å². The van der Waals surface area contributed by atoms with Crippen molar-refractivity contribution in [3.8, 4) is 5.75 Å². The van der Waals surface area contributed by atoms with Crippen molar-refractivity contribution < 1.29 is 14.3 Å². The molecule has 1 atom stereocenters. The van der Waals surface area contributed by atoms with Crippen LogP contribution in [-0.2, 0) is 11.2 Å². The summed E-state index contributed by atoms with van der Waals surface area (Å²) in [7, 11) is 1.57. The molecule has 0 radical (unpaired) electrons. The summed E-state index contributed by atoms with van der Waals surface area (Å²) in [5, 5.41) is 2.90. The van der Waals surface area contributed by atoms with E-state index in [-0.39, 0.29) is 17.7 Å². The van der Waals surface area contributed by atoms with Crippen LogP contribution in [0.2, 0.25) is 0 Å². The van der Waals surface area contributed by atoms with E-state index < -0.39 is 0 Å². The van der Waals surface area contributed by atoms with Crippen LogP contribution in [0.4, 0.5) is 0 Å². The summed E-state index contributed by atoms with van der Waals surface area (Å²) >= 11 is 0. The van der Waals surface area contributed by atoms with Crippen molar-refractivity contribution in [2.75, 3.05) is 26.7 Å². The average molecular weight is 411 g/mol. The lowest BCUT2D eigenvalue weighted by Crippen LogP contribution is -2.29. The molecule has 160 valence electrons. The Bertz CT molecular complexity index is 905. The first-order valence-corrected chi connectivity index (χ1v) is 10.5. The Kier molecular flexibility index (Phi) is 7.03. The number of benzene rings is 1. The molecule has 1 aromatic carbocycles. The summed E-state index contributed by atoms with van der Waals surface area (Å²) in [5.41, 5.74) is 3.12. The molecule has 1 saturated heterocycles. The lowest BCUT2D eigenvalue weighted by Gasteiger charge is -2.18. The van der Waals surface area contributed by atoms with Gasteiger partial charge in [0, 0.05) is 42.5 Å². The van der Waals surface area contributed by atoms with E-state index in [9.17, 15) is 9.59 Å².